The van der Waals surface area contributed by atoms with E-state index in [9.17, 15) is 0 Å². The highest BCUT2D eigenvalue weighted by molar-refractivity contribution is 7.20. The first kappa shape index (κ1) is 44.2. The van der Waals surface area contributed by atoms with Gasteiger partial charge in [0.05, 0.1) is 22.1 Å². The third-order valence-electron chi connectivity index (χ3n) is 15.4. The van der Waals surface area contributed by atoms with Gasteiger partial charge in [0, 0.05) is 32.9 Å². The van der Waals surface area contributed by atoms with Crippen LogP contribution in [0.5, 0.6) is 0 Å². The Kier molecular flexibility index (Phi) is 10.9. The van der Waals surface area contributed by atoms with Gasteiger partial charge in [0.2, 0.25) is 0 Å². The summed E-state index contributed by atoms with van der Waals surface area (Å²) >= 11 is 0. The number of fused-ring (bicyclic) bond motifs is 6. The molecule has 2 heterocycles. The second-order valence-corrected chi connectivity index (χ2v) is 23.4. The molecule has 0 spiro atoms. The molecule has 0 aliphatic rings. The molecule has 14 rings (SSSR count). The van der Waals surface area contributed by atoms with Crippen LogP contribution in [0.3, 0.4) is 0 Å². The lowest BCUT2D eigenvalue weighted by atomic mass is 9.96. The average molecular weight is 971 g/mol. The smallest absolute Gasteiger partial charge is 0.180 e. The SMILES string of the molecule is c1ccc(-c2cccc(-c3cccc4c3c3ccccc3n4-c3ccc4c(c3)c3c([Si](c5ccccc5)(c5ccccc5)c5ccccc5)cccc3n4-c3cc(-c4ccccc4)cc(-c4ccccc4)c3)c2)cc1. The highest BCUT2D eigenvalue weighted by Crippen LogP contribution is 2.42. The van der Waals surface area contributed by atoms with Gasteiger partial charge in [-0.05, 0) is 126 Å². The average Bonchev–Trinajstić information content (AvgIpc) is 4.05. The number of rotatable bonds is 10. The molecule has 14 aromatic rings. The summed E-state index contributed by atoms with van der Waals surface area (Å²) in [5.41, 5.74) is 16.5. The zero-order valence-electron chi connectivity index (χ0n) is 41.3. The zero-order chi connectivity index (χ0) is 49.7. The summed E-state index contributed by atoms with van der Waals surface area (Å²) in [6, 6.07) is 113. The van der Waals surface area contributed by atoms with Crippen molar-refractivity contribution in [3.05, 3.63) is 303 Å². The van der Waals surface area contributed by atoms with Crippen LogP contribution in [0.25, 0.3) is 99.5 Å². The van der Waals surface area contributed by atoms with Gasteiger partial charge in [-0.15, -0.1) is 0 Å². The van der Waals surface area contributed by atoms with Crippen LogP contribution in [0.15, 0.2) is 303 Å². The molecule has 0 unspecified atom stereocenters. The third kappa shape index (κ3) is 7.39. The van der Waals surface area contributed by atoms with E-state index in [0.717, 1.165) is 16.9 Å². The van der Waals surface area contributed by atoms with Crippen LogP contribution >= 0.6 is 0 Å². The molecule has 0 fully saturated rings. The van der Waals surface area contributed by atoms with Crippen molar-refractivity contribution < 1.29 is 0 Å². The van der Waals surface area contributed by atoms with E-state index in [-0.39, 0.29) is 0 Å². The maximum atomic E-state index is 2.54. The molecule has 12 aromatic carbocycles. The first-order valence-electron chi connectivity index (χ1n) is 25.9. The molecule has 0 saturated carbocycles. The second kappa shape index (κ2) is 18.5. The molecule has 0 amide bonds. The molecule has 3 heteroatoms. The van der Waals surface area contributed by atoms with E-state index in [1.165, 1.54) is 103 Å². The van der Waals surface area contributed by atoms with Crippen LogP contribution < -0.4 is 20.7 Å². The quantitative estimate of drug-likeness (QED) is 0.0955. The van der Waals surface area contributed by atoms with E-state index in [4.69, 9.17) is 0 Å². The first-order valence-corrected chi connectivity index (χ1v) is 27.9. The summed E-state index contributed by atoms with van der Waals surface area (Å²) in [5, 5.41) is 10.3. The summed E-state index contributed by atoms with van der Waals surface area (Å²) in [4.78, 5) is 0. The standard InChI is InChI=1S/C72H50N2Si/c1-7-24-51(25-8-1)54-30-21-31-55(46-54)63-39-22-41-68-71(63)64-38-19-20-40-66(64)73(68)58-44-45-67-65(50-58)72-69(74(67)59-48-56(52-26-9-2-10-27-52)47-57(49-59)53-28-11-3-12-29-53)42-23-43-70(72)75(60-32-13-4-14-33-60,61-34-15-5-16-35-61)62-36-17-6-18-37-62/h1-50H. The summed E-state index contributed by atoms with van der Waals surface area (Å²) in [6.45, 7) is 0. The number of benzene rings is 12. The highest BCUT2D eigenvalue weighted by Gasteiger charge is 2.43. The van der Waals surface area contributed by atoms with Gasteiger partial charge in [-0.1, -0.05) is 243 Å². The normalized spacial score (nSPS) is 11.7. The van der Waals surface area contributed by atoms with Gasteiger partial charge in [-0.25, -0.2) is 0 Å². The van der Waals surface area contributed by atoms with Gasteiger partial charge >= 0.3 is 0 Å². The Balaban J connectivity index is 1.10. The Morgan fingerprint density at radius 3 is 1.23 bits per heavy atom. The van der Waals surface area contributed by atoms with Crippen molar-refractivity contribution >= 4 is 72.4 Å². The molecule has 0 aliphatic heterocycles. The number of hydrogen-bond donors (Lipinski definition) is 0. The maximum Gasteiger partial charge on any atom is 0.180 e. The fourth-order valence-electron chi connectivity index (χ4n) is 12.2. The third-order valence-corrected chi connectivity index (χ3v) is 20.2. The van der Waals surface area contributed by atoms with Crippen LogP contribution in [0.1, 0.15) is 0 Å². The van der Waals surface area contributed by atoms with Crippen molar-refractivity contribution in [2.45, 2.75) is 0 Å². The first-order chi connectivity index (χ1) is 37.2. The molecule has 352 valence electrons. The van der Waals surface area contributed by atoms with E-state index in [1.54, 1.807) is 0 Å². The largest absolute Gasteiger partial charge is 0.309 e. The van der Waals surface area contributed by atoms with Crippen LogP contribution in [0.2, 0.25) is 0 Å². The van der Waals surface area contributed by atoms with Crippen molar-refractivity contribution in [2.75, 3.05) is 0 Å². The van der Waals surface area contributed by atoms with E-state index in [0.29, 0.717) is 0 Å². The van der Waals surface area contributed by atoms with Gasteiger partial charge in [-0.2, -0.15) is 0 Å². The molecule has 0 N–H and O–H groups in total. The molecule has 75 heavy (non-hydrogen) atoms. The van der Waals surface area contributed by atoms with E-state index < -0.39 is 8.07 Å². The predicted molar refractivity (Wildman–Crippen MR) is 320 cm³/mol. The number of hydrogen-bond acceptors (Lipinski definition) is 0. The lowest BCUT2D eigenvalue weighted by molar-refractivity contribution is 1.17. The van der Waals surface area contributed by atoms with Crippen LogP contribution in [-0.2, 0) is 0 Å². The maximum absolute atomic E-state index is 3.06. The van der Waals surface area contributed by atoms with Crippen molar-refractivity contribution in [1.82, 2.24) is 9.13 Å². The van der Waals surface area contributed by atoms with Gasteiger partial charge in [0.15, 0.2) is 8.07 Å². The lowest BCUT2D eigenvalue weighted by Crippen LogP contribution is -2.74. The van der Waals surface area contributed by atoms with Gasteiger partial charge in [0.1, 0.15) is 0 Å². The Labute approximate surface area is 438 Å². The van der Waals surface area contributed by atoms with Crippen molar-refractivity contribution in [3.63, 3.8) is 0 Å². The summed E-state index contributed by atoms with van der Waals surface area (Å²) in [6.07, 6.45) is 0. The van der Waals surface area contributed by atoms with Gasteiger partial charge in [-0.3, -0.25) is 0 Å². The molecular formula is C72H50N2Si. The van der Waals surface area contributed by atoms with E-state index in [1.807, 2.05) is 0 Å². The Hall–Kier alpha value is -9.54. The van der Waals surface area contributed by atoms with E-state index in [2.05, 4.69) is 312 Å². The van der Waals surface area contributed by atoms with Gasteiger partial charge in [0.25, 0.3) is 0 Å². The monoisotopic (exact) mass is 970 g/mol. The topological polar surface area (TPSA) is 9.86 Å². The summed E-state index contributed by atoms with van der Waals surface area (Å²) < 4.78 is 5.04. The summed E-state index contributed by atoms with van der Waals surface area (Å²) in [5.74, 6) is 0. The predicted octanol–water partition coefficient (Wildman–Crippen LogP) is 15.9. The fourth-order valence-corrected chi connectivity index (χ4v) is 17.2. The Morgan fingerprint density at radius 1 is 0.227 bits per heavy atom. The number of para-hydroxylation sites is 1. The fraction of sp³-hybridized carbons (Fsp3) is 0. The Bertz CT molecular complexity index is 4220. The number of aromatic nitrogens is 2. The van der Waals surface area contributed by atoms with Crippen molar-refractivity contribution in [1.29, 1.82) is 0 Å². The van der Waals surface area contributed by atoms with E-state index >= 15 is 0 Å². The number of nitrogens with zero attached hydrogens (tertiary/aromatic N) is 2. The zero-order valence-corrected chi connectivity index (χ0v) is 42.3. The minimum Gasteiger partial charge on any atom is -0.309 e. The van der Waals surface area contributed by atoms with Crippen LogP contribution in [-0.4, -0.2) is 17.2 Å². The minimum atomic E-state index is -3.06. The molecule has 0 aliphatic carbocycles. The molecule has 2 aromatic heterocycles. The molecule has 0 atom stereocenters. The molecular weight excluding hydrogens is 921 g/mol. The molecule has 0 radical (unpaired) electrons. The van der Waals surface area contributed by atoms with Crippen molar-refractivity contribution in [3.8, 4) is 55.9 Å². The lowest BCUT2D eigenvalue weighted by Gasteiger charge is -2.35. The van der Waals surface area contributed by atoms with Crippen LogP contribution in [0.4, 0.5) is 0 Å². The summed E-state index contributed by atoms with van der Waals surface area (Å²) in [7, 11) is -3.06. The Morgan fingerprint density at radius 2 is 0.640 bits per heavy atom. The minimum absolute atomic E-state index is 1.12. The molecule has 0 saturated heterocycles. The highest BCUT2D eigenvalue weighted by atomic mass is 28.3. The van der Waals surface area contributed by atoms with Crippen molar-refractivity contribution in [2.24, 2.45) is 0 Å². The molecule has 2 nitrogen and oxygen atoms in total. The second-order valence-electron chi connectivity index (χ2n) is 19.6. The molecule has 0 bridgehead atoms. The van der Waals surface area contributed by atoms with Crippen LogP contribution in [0, 0.1) is 0 Å². The van der Waals surface area contributed by atoms with Gasteiger partial charge < -0.3 is 9.13 Å².